The Balaban J connectivity index is 1.80. The Morgan fingerprint density at radius 2 is 1.74 bits per heavy atom. The molecule has 0 saturated carbocycles. The van der Waals surface area contributed by atoms with Crippen LogP contribution in [0.2, 0.25) is 5.02 Å². The van der Waals surface area contributed by atoms with Crippen LogP contribution in [0.25, 0.3) is 0 Å². The molecule has 2 aromatic carbocycles. The van der Waals surface area contributed by atoms with Gasteiger partial charge in [0.15, 0.2) is 6.61 Å². The van der Waals surface area contributed by atoms with Crippen molar-refractivity contribution in [3.8, 4) is 0 Å². The van der Waals surface area contributed by atoms with Crippen LogP contribution in [0, 0.1) is 0 Å². The van der Waals surface area contributed by atoms with Crippen LogP contribution in [0.4, 0.5) is 5.69 Å². The van der Waals surface area contributed by atoms with Gasteiger partial charge in [-0.3, -0.25) is 9.59 Å². The van der Waals surface area contributed by atoms with Crippen LogP contribution < -0.4 is 10.6 Å². The van der Waals surface area contributed by atoms with Crippen LogP contribution in [0.5, 0.6) is 0 Å². The van der Waals surface area contributed by atoms with Crippen molar-refractivity contribution in [2.24, 2.45) is 0 Å². The minimum atomic E-state index is -0.926. The molecule has 27 heavy (non-hydrogen) atoms. The van der Waals surface area contributed by atoms with E-state index in [1.807, 2.05) is 19.1 Å². The zero-order valence-corrected chi connectivity index (χ0v) is 15.9. The number of hydrogen-bond acceptors (Lipinski definition) is 4. The average Bonchev–Trinajstić information content (AvgIpc) is 2.66. The molecule has 7 heteroatoms. The van der Waals surface area contributed by atoms with Gasteiger partial charge < -0.3 is 15.4 Å². The second-order valence-electron chi connectivity index (χ2n) is 5.88. The fourth-order valence-electron chi connectivity index (χ4n) is 2.26. The van der Waals surface area contributed by atoms with E-state index in [4.69, 9.17) is 16.3 Å². The maximum atomic E-state index is 12.1. The number of benzene rings is 2. The molecule has 142 valence electrons. The summed E-state index contributed by atoms with van der Waals surface area (Å²) in [5, 5.41) is 5.42. The second-order valence-corrected chi connectivity index (χ2v) is 6.29. The van der Waals surface area contributed by atoms with Gasteiger partial charge in [0.05, 0.1) is 10.6 Å². The molecule has 2 amide bonds. The summed E-state index contributed by atoms with van der Waals surface area (Å²) in [5.41, 5.74) is 2.03. The standard InChI is InChI=1S/C20H21ClN2O4/c1-3-14-8-10-15(11-9-14)23-18(24)12-27-20(26)13(2)22-19(25)16-6-4-5-7-17(16)21/h4-11,13H,3,12H2,1-2H3,(H,22,25)(H,23,24)/t13-/m0/s1. The molecule has 2 N–H and O–H groups in total. The third-order valence-electron chi connectivity index (χ3n) is 3.81. The van der Waals surface area contributed by atoms with E-state index in [1.54, 1.807) is 36.4 Å². The summed E-state index contributed by atoms with van der Waals surface area (Å²) in [4.78, 5) is 36.0. The third kappa shape index (κ3) is 6.11. The van der Waals surface area contributed by atoms with Crippen molar-refractivity contribution in [2.75, 3.05) is 11.9 Å². The van der Waals surface area contributed by atoms with Crippen LogP contribution in [-0.2, 0) is 20.7 Å². The Morgan fingerprint density at radius 3 is 2.37 bits per heavy atom. The van der Waals surface area contributed by atoms with Crippen LogP contribution in [0.15, 0.2) is 48.5 Å². The predicted molar refractivity (Wildman–Crippen MR) is 104 cm³/mol. The first-order valence-electron chi connectivity index (χ1n) is 8.51. The van der Waals surface area contributed by atoms with Gasteiger partial charge in [-0.1, -0.05) is 42.8 Å². The Kier molecular flexibility index (Phi) is 7.37. The molecule has 0 fully saturated rings. The Hall–Kier alpha value is -2.86. The van der Waals surface area contributed by atoms with Crippen LogP contribution >= 0.6 is 11.6 Å². The van der Waals surface area contributed by atoms with E-state index in [1.165, 1.54) is 6.92 Å². The van der Waals surface area contributed by atoms with Gasteiger partial charge in [-0.25, -0.2) is 4.79 Å². The third-order valence-corrected chi connectivity index (χ3v) is 4.14. The molecule has 0 radical (unpaired) electrons. The molecule has 0 aliphatic heterocycles. The van der Waals surface area contributed by atoms with E-state index in [0.717, 1.165) is 12.0 Å². The number of anilines is 1. The first kappa shape index (κ1) is 20.5. The van der Waals surface area contributed by atoms with E-state index in [0.29, 0.717) is 5.69 Å². The van der Waals surface area contributed by atoms with Gasteiger partial charge in [-0.15, -0.1) is 0 Å². The average molecular weight is 389 g/mol. The van der Waals surface area contributed by atoms with Crippen molar-refractivity contribution in [1.29, 1.82) is 0 Å². The van der Waals surface area contributed by atoms with Crippen LogP contribution in [-0.4, -0.2) is 30.4 Å². The number of aryl methyl sites for hydroxylation is 1. The number of amides is 2. The Bertz CT molecular complexity index is 821. The summed E-state index contributed by atoms with van der Waals surface area (Å²) in [7, 11) is 0. The van der Waals surface area contributed by atoms with Crippen LogP contribution in [0.3, 0.4) is 0 Å². The van der Waals surface area contributed by atoms with E-state index in [-0.39, 0.29) is 10.6 Å². The number of ether oxygens (including phenoxy) is 1. The predicted octanol–water partition coefficient (Wildman–Crippen LogP) is 3.20. The van der Waals surface area contributed by atoms with Gasteiger partial charge >= 0.3 is 5.97 Å². The molecule has 0 unspecified atom stereocenters. The first-order valence-corrected chi connectivity index (χ1v) is 8.89. The molecule has 1 atom stereocenters. The highest BCUT2D eigenvalue weighted by Gasteiger charge is 2.20. The van der Waals surface area contributed by atoms with Gasteiger partial charge in [-0.05, 0) is 43.2 Å². The minimum Gasteiger partial charge on any atom is -0.454 e. The quantitative estimate of drug-likeness (QED) is 0.713. The Morgan fingerprint density at radius 1 is 1.07 bits per heavy atom. The smallest absolute Gasteiger partial charge is 0.328 e. The highest BCUT2D eigenvalue weighted by molar-refractivity contribution is 6.33. The number of nitrogens with one attached hydrogen (secondary N) is 2. The first-order chi connectivity index (χ1) is 12.9. The van der Waals surface area contributed by atoms with Gasteiger partial charge in [0, 0.05) is 5.69 Å². The summed E-state index contributed by atoms with van der Waals surface area (Å²) < 4.78 is 4.95. The summed E-state index contributed by atoms with van der Waals surface area (Å²) >= 11 is 5.95. The number of rotatable bonds is 7. The molecular weight excluding hydrogens is 368 g/mol. The summed E-state index contributed by atoms with van der Waals surface area (Å²) in [6.45, 7) is 3.07. The molecular formula is C20H21ClN2O4. The summed E-state index contributed by atoms with van der Waals surface area (Å²) in [6, 6.07) is 13.0. The van der Waals surface area contributed by atoms with Gasteiger partial charge in [0.2, 0.25) is 0 Å². The van der Waals surface area contributed by atoms with Crippen molar-refractivity contribution in [2.45, 2.75) is 26.3 Å². The molecule has 0 heterocycles. The lowest BCUT2D eigenvalue weighted by Gasteiger charge is -2.14. The maximum Gasteiger partial charge on any atom is 0.328 e. The molecule has 6 nitrogen and oxygen atoms in total. The molecule has 0 spiro atoms. The fraction of sp³-hybridized carbons (Fsp3) is 0.250. The number of halogens is 1. The van der Waals surface area contributed by atoms with Crippen molar-refractivity contribution in [1.82, 2.24) is 5.32 Å². The lowest BCUT2D eigenvalue weighted by molar-refractivity contribution is -0.148. The SMILES string of the molecule is CCc1ccc(NC(=O)COC(=O)[C@H](C)NC(=O)c2ccccc2Cl)cc1. The molecule has 0 bridgehead atoms. The number of hydrogen-bond donors (Lipinski definition) is 2. The topological polar surface area (TPSA) is 84.5 Å². The molecule has 0 aliphatic rings. The van der Waals surface area contributed by atoms with Gasteiger partial charge in [0.1, 0.15) is 6.04 Å². The van der Waals surface area contributed by atoms with Gasteiger partial charge in [0.25, 0.3) is 11.8 Å². The number of carbonyl (C=O) groups excluding carboxylic acids is 3. The highest BCUT2D eigenvalue weighted by Crippen LogP contribution is 2.14. The zero-order chi connectivity index (χ0) is 19.8. The van der Waals surface area contributed by atoms with E-state index >= 15 is 0 Å². The largest absolute Gasteiger partial charge is 0.454 e. The molecule has 2 rings (SSSR count). The molecule has 0 aromatic heterocycles. The van der Waals surface area contributed by atoms with Crippen LogP contribution in [0.1, 0.15) is 29.8 Å². The second kappa shape index (κ2) is 9.73. The van der Waals surface area contributed by atoms with Crippen molar-refractivity contribution in [3.05, 3.63) is 64.7 Å². The zero-order valence-electron chi connectivity index (χ0n) is 15.1. The molecule has 0 aliphatic carbocycles. The van der Waals surface area contributed by atoms with E-state index in [9.17, 15) is 14.4 Å². The summed E-state index contributed by atoms with van der Waals surface area (Å²) in [6.07, 6.45) is 0.906. The van der Waals surface area contributed by atoms with Gasteiger partial charge in [-0.2, -0.15) is 0 Å². The number of esters is 1. The van der Waals surface area contributed by atoms with E-state index < -0.39 is 30.4 Å². The Labute approximate surface area is 162 Å². The number of carbonyl (C=O) groups is 3. The van der Waals surface area contributed by atoms with Crippen molar-refractivity contribution < 1.29 is 19.1 Å². The molecule has 2 aromatic rings. The fourth-order valence-corrected chi connectivity index (χ4v) is 2.48. The minimum absolute atomic E-state index is 0.257. The molecule has 0 saturated heterocycles. The monoisotopic (exact) mass is 388 g/mol. The lowest BCUT2D eigenvalue weighted by atomic mass is 10.1. The van der Waals surface area contributed by atoms with E-state index in [2.05, 4.69) is 10.6 Å². The van der Waals surface area contributed by atoms with Crippen molar-refractivity contribution in [3.63, 3.8) is 0 Å². The summed E-state index contributed by atoms with van der Waals surface area (Å²) in [5.74, 6) is -1.67. The highest BCUT2D eigenvalue weighted by atomic mass is 35.5. The lowest BCUT2D eigenvalue weighted by Crippen LogP contribution is -2.40. The normalized spacial score (nSPS) is 11.4. The maximum absolute atomic E-state index is 12.1. The van der Waals surface area contributed by atoms with Crippen molar-refractivity contribution >= 4 is 35.1 Å².